The second-order valence-electron chi connectivity index (χ2n) is 6.42. The van der Waals surface area contributed by atoms with Gasteiger partial charge in [0.25, 0.3) is 0 Å². The van der Waals surface area contributed by atoms with Gasteiger partial charge in [0.1, 0.15) is 0 Å². The van der Waals surface area contributed by atoms with Gasteiger partial charge in [0.05, 0.1) is 6.61 Å². The van der Waals surface area contributed by atoms with Gasteiger partial charge in [-0.25, -0.2) is 4.79 Å². The Morgan fingerprint density at radius 2 is 2.07 bits per heavy atom. The molecule has 0 spiro atoms. The van der Waals surface area contributed by atoms with Gasteiger partial charge in [-0.1, -0.05) is 6.07 Å². The molecule has 1 aromatic rings. The van der Waals surface area contributed by atoms with Gasteiger partial charge in [0.15, 0.2) is 5.96 Å². The number of amides is 1. The van der Waals surface area contributed by atoms with Crippen LogP contribution in [-0.2, 0) is 11.2 Å². The van der Waals surface area contributed by atoms with Gasteiger partial charge < -0.3 is 20.3 Å². The number of nitrogens with zero attached hydrogens (tertiary/aromatic N) is 3. The van der Waals surface area contributed by atoms with Crippen molar-refractivity contribution in [3.05, 3.63) is 29.6 Å². The third kappa shape index (κ3) is 8.32. The third-order valence-corrected chi connectivity index (χ3v) is 4.35. The van der Waals surface area contributed by atoms with Gasteiger partial charge >= 0.3 is 6.09 Å². The lowest BCUT2D eigenvalue weighted by molar-refractivity contribution is 0.0963. The summed E-state index contributed by atoms with van der Waals surface area (Å²) in [4.78, 5) is 22.5. The zero-order valence-corrected chi connectivity index (χ0v) is 18.9. The average molecular weight is 489 g/mol. The maximum Gasteiger partial charge on any atom is 0.409 e. The van der Waals surface area contributed by atoms with Crippen molar-refractivity contribution in [3.63, 3.8) is 0 Å². The molecule has 1 aromatic heterocycles. The van der Waals surface area contributed by atoms with E-state index in [1.807, 2.05) is 26.1 Å². The second-order valence-corrected chi connectivity index (χ2v) is 6.42. The molecule has 0 saturated carbocycles. The molecule has 1 amide bonds. The number of rotatable bonds is 6. The minimum absolute atomic E-state index is 0. The van der Waals surface area contributed by atoms with Crippen molar-refractivity contribution in [2.45, 2.75) is 46.1 Å². The van der Waals surface area contributed by atoms with Crippen LogP contribution in [0.4, 0.5) is 4.79 Å². The monoisotopic (exact) mass is 489 g/mol. The Labute approximate surface area is 179 Å². The summed E-state index contributed by atoms with van der Waals surface area (Å²) < 4.78 is 5.06. The Kier molecular flexibility index (Phi) is 11.1. The van der Waals surface area contributed by atoms with Crippen LogP contribution in [0.1, 0.15) is 37.9 Å². The number of pyridine rings is 1. The molecule has 2 heterocycles. The van der Waals surface area contributed by atoms with Crippen LogP contribution < -0.4 is 10.6 Å². The first kappa shape index (κ1) is 23.5. The Morgan fingerprint density at radius 3 is 2.67 bits per heavy atom. The van der Waals surface area contributed by atoms with E-state index in [0.717, 1.165) is 37.5 Å². The predicted molar refractivity (Wildman–Crippen MR) is 119 cm³/mol. The second kappa shape index (κ2) is 12.7. The average Bonchev–Trinajstić information content (AvgIpc) is 2.64. The lowest BCUT2D eigenvalue weighted by atomic mass is 10.1. The van der Waals surface area contributed by atoms with Crippen molar-refractivity contribution >= 4 is 36.0 Å². The van der Waals surface area contributed by atoms with Crippen molar-refractivity contribution in [1.82, 2.24) is 20.5 Å². The molecule has 2 N–H and O–H groups in total. The summed E-state index contributed by atoms with van der Waals surface area (Å²) in [7, 11) is 0. The van der Waals surface area contributed by atoms with E-state index in [0.29, 0.717) is 32.3 Å². The standard InChI is InChI=1S/C19H31N5O2.HI/c1-4-20-18(21-11-8-16-7-6-15(3)22-14-16)23-17-9-12-24(13-10-17)19(25)26-5-2;/h6-7,14,17H,4-5,8-13H2,1-3H3,(H2,20,21,23);1H. The summed E-state index contributed by atoms with van der Waals surface area (Å²) >= 11 is 0. The number of carbonyl (C=O) groups is 1. The van der Waals surface area contributed by atoms with Gasteiger partial charge in [-0.15, -0.1) is 24.0 Å². The number of aromatic nitrogens is 1. The van der Waals surface area contributed by atoms with Crippen LogP contribution in [0.5, 0.6) is 0 Å². The zero-order chi connectivity index (χ0) is 18.8. The topological polar surface area (TPSA) is 78.9 Å². The summed E-state index contributed by atoms with van der Waals surface area (Å²) in [6.45, 7) is 9.26. The number of halogens is 1. The maximum atomic E-state index is 11.8. The smallest absolute Gasteiger partial charge is 0.409 e. The van der Waals surface area contributed by atoms with Gasteiger partial charge in [0, 0.05) is 44.1 Å². The number of nitrogens with one attached hydrogen (secondary N) is 2. The first-order valence-corrected chi connectivity index (χ1v) is 9.50. The van der Waals surface area contributed by atoms with Crippen LogP contribution in [0.2, 0.25) is 0 Å². The molecule has 0 radical (unpaired) electrons. The lowest BCUT2D eigenvalue weighted by Crippen LogP contribution is -2.50. The lowest BCUT2D eigenvalue weighted by Gasteiger charge is -2.32. The predicted octanol–water partition coefficient (Wildman–Crippen LogP) is 2.73. The molecule has 7 nitrogen and oxygen atoms in total. The first-order valence-electron chi connectivity index (χ1n) is 9.50. The SMILES string of the molecule is CCNC(=NCCc1ccc(C)nc1)NC1CCN(C(=O)OCC)CC1.I. The van der Waals surface area contributed by atoms with Crippen LogP contribution in [0.3, 0.4) is 0 Å². The molecule has 1 saturated heterocycles. The first-order chi connectivity index (χ1) is 12.6. The molecule has 0 aliphatic carbocycles. The molecule has 1 aliphatic heterocycles. The Bertz CT molecular complexity index is 586. The molecule has 0 aromatic carbocycles. The Balaban J connectivity index is 0.00000364. The van der Waals surface area contributed by atoms with Gasteiger partial charge in [-0.3, -0.25) is 9.98 Å². The highest BCUT2D eigenvalue weighted by Gasteiger charge is 2.23. The highest BCUT2D eigenvalue weighted by atomic mass is 127. The van der Waals surface area contributed by atoms with Crippen molar-refractivity contribution in [2.75, 3.05) is 32.8 Å². The minimum atomic E-state index is -0.210. The van der Waals surface area contributed by atoms with Gasteiger partial charge in [0.2, 0.25) is 0 Å². The van der Waals surface area contributed by atoms with E-state index >= 15 is 0 Å². The van der Waals surface area contributed by atoms with Crippen LogP contribution in [0.25, 0.3) is 0 Å². The van der Waals surface area contributed by atoms with Crippen LogP contribution >= 0.6 is 24.0 Å². The number of carbonyl (C=O) groups excluding carboxylic acids is 1. The fraction of sp³-hybridized carbons (Fsp3) is 0.632. The third-order valence-electron chi connectivity index (χ3n) is 4.35. The van der Waals surface area contributed by atoms with Crippen LogP contribution in [0.15, 0.2) is 23.3 Å². The number of guanidine groups is 1. The molecule has 152 valence electrons. The van der Waals surface area contributed by atoms with E-state index in [-0.39, 0.29) is 30.1 Å². The van der Waals surface area contributed by atoms with Crippen molar-refractivity contribution in [2.24, 2.45) is 4.99 Å². The fourth-order valence-electron chi connectivity index (χ4n) is 2.88. The summed E-state index contributed by atoms with van der Waals surface area (Å²) in [5.41, 5.74) is 2.22. The number of aryl methyl sites for hydroxylation is 1. The van der Waals surface area contributed by atoms with Gasteiger partial charge in [-0.2, -0.15) is 0 Å². The highest BCUT2D eigenvalue weighted by molar-refractivity contribution is 14.0. The minimum Gasteiger partial charge on any atom is -0.450 e. The Morgan fingerprint density at radius 1 is 1.33 bits per heavy atom. The Hall–Kier alpha value is -1.58. The molecule has 1 fully saturated rings. The number of aliphatic imine (C=N–C) groups is 1. The summed E-state index contributed by atoms with van der Waals surface area (Å²) in [5, 5.41) is 6.79. The quantitative estimate of drug-likeness (QED) is 0.365. The van der Waals surface area contributed by atoms with Crippen molar-refractivity contribution in [1.29, 1.82) is 0 Å². The number of ether oxygens (including phenoxy) is 1. The molecule has 0 unspecified atom stereocenters. The van der Waals surface area contributed by atoms with Crippen LogP contribution in [0, 0.1) is 6.92 Å². The maximum absolute atomic E-state index is 11.8. The number of hydrogen-bond donors (Lipinski definition) is 2. The molecule has 8 heteroatoms. The van der Waals surface area contributed by atoms with E-state index in [1.165, 1.54) is 5.56 Å². The molecule has 1 aliphatic rings. The summed E-state index contributed by atoms with van der Waals surface area (Å²) in [5.74, 6) is 0.835. The summed E-state index contributed by atoms with van der Waals surface area (Å²) in [6, 6.07) is 4.45. The molecule has 0 atom stereocenters. The van der Waals surface area contributed by atoms with Gasteiger partial charge in [-0.05, 0) is 51.7 Å². The van der Waals surface area contributed by atoms with E-state index in [2.05, 4.69) is 33.6 Å². The fourth-order valence-corrected chi connectivity index (χ4v) is 2.88. The molecular formula is C19H32IN5O2. The normalized spacial score (nSPS) is 15.1. The zero-order valence-electron chi connectivity index (χ0n) is 16.5. The van der Waals surface area contributed by atoms with E-state index < -0.39 is 0 Å². The largest absolute Gasteiger partial charge is 0.450 e. The molecule has 27 heavy (non-hydrogen) atoms. The highest BCUT2D eigenvalue weighted by Crippen LogP contribution is 2.11. The number of likely N-dealkylation sites (tertiary alicyclic amines) is 1. The van der Waals surface area contributed by atoms with Crippen LogP contribution in [-0.4, -0.2) is 60.8 Å². The van der Waals surface area contributed by atoms with E-state index in [1.54, 1.807) is 4.90 Å². The summed E-state index contributed by atoms with van der Waals surface area (Å²) in [6.07, 6.45) is 4.36. The molecule has 2 rings (SSSR count). The molecule has 0 bridgehead atoms. The number of hydrogen-bond acceptors (Lipinski definition) is 4. The van der Waals surface area contributed by atoms with Crippen molar-refractivity contribution in [3.8, 4) is 0 Å². The number of piperidine rings is 1. The van der Waals surface area contributed by atoms with E-state index in [4.69, 9.17) is 4.74 Å². The van der Waals surface area contributed by atoms with E-state index in [9.17, 15) is 4.79 Å². The molecular weight excluding hydrogens is 457 g/mol. The van der Waals surface area contributed by atoms with Crippen molar-refractivity contribution < 1.29 is 9.53 Å².